The number of ether oxygens (including phenoxy) is 6. The highest BCUT2D eigenvalue weighted by Crippen LogP contribution is 2.52. The second-order valence-electron chi connectivity index (χ2n) is 9.85. The lowest BCUT2D eigenvalue weighted by molar-refractivity contribution is -0.0458. The Morgan fingerprint density at radius 3 is 2.03 bits per heavy atom. The second-order valence-corrected chi connectivity index (χ2v) is 9.85. The molecule has 0 saturated carbocycles. The number of rotatable bonds is 12. The summed E-state index contributed by atoms with van der Waals surface area (Å²) in [4.78, 5) is 2.35. The average Bonchev–Trinajstić information content (AvgIpc) is 3.37. The van der Waals surface area contributed by atoms with Crippen LogP contribution in [0.3, 0.4) is 0 Å². The molecule has 2 aliphatic rings. The van der Waals surface area contributed by atoms with Gasteiger partial charge in [0.1, 0.15) is 5.41 Å². The minimum Gasteiger partial charge on any atom is -0.490 e. The van der Waals surface area contributed by atoms with Gasteiger partial charge in [-0.2, -0.15) is 5.26 Å². The molecule has 0 aromatic heterocycles. The Morgan fingerprint density at radius 1 is 0.947 bits per heavy atom. The molecule has 0 N–H and O–H groups in total. The quantitative estimate of drug-likeness (QED) is 0.347. The molecule has 38 heavy (non-hydrogen) atoms. The highest BCUT2D eigenvalue weighted by Gasteiger charge is 2.45. The van der Waals surface area contributed by atoms with E-state index in [9.17, 15) is 5.26 Å². The van der Waals surface area contributed by atoms with E-state index >= 15 is 0 Å². The fourth-order valence-electron chi connectivity index (χ4n) is 5.62. The maximum absolute atomic E-state index is 10.2. The van der Waals surface area contributed by atoms with Crippen LogP contribution in [0.4, 0.5) is 0 Å². The lowest BCUT2D eigenvalue weighted by Crippen LogP contribution is -2.41. The SMILES string of the molecule is CCOc1c2c(c(OCC)c(OC)c1OC)CN(C)C(CCCC(C#N)(CC)C1Oc3ccccc3O1)C2. The third kappa shape index (κ3) is 5.04. The van der Waals surface area contributed by atoms with Crippen molar-refractivity contribution >= 4 is 0 Å². The van der Waals surface area contributed by atoms with Crippen molar-refractivity contribution in [1.29, 1.82) is 5.26 Å². The van der Waals surface area contributed by atoms with Crippen LogP contribution in [0, 0.1) is 16.7 Å². The first kappa shape index (κ1) is 27.7. The van der Waals surface area contributed by atoms with Gasteiger partial charge in [0, 0.05) is 23.7 Å². The Labute approximate surface area is 226 Å². The van der Waals surface area contributed by atoms with Crippen molar-refractivity contribution in [3.05, 3.63) is 35.4 Å². The lowest BCUT2D eigenvalue weighted by Gasteiger charge is -2.37. The largest absolute Gasteiger partial charge is 0.490 e. The van der Waals surface area contributed by atoms with E-state index in [0.717, 1.165) is 41.9 Å². The molecule has 0 spiro atoms. The zero-order chi connectivity index (χ0) is 27.3. The number of fused-ring (bicyclic) bond motifs is 2. The molecule has 0 aliphatic carbocycles. The Bertz CT molecular complexity index is 1140. The van der Waals surface area contributed by atoms with Crippen LogP contribution in [0.1, 0.15) is 57.6 Å². The molecule has 0 bridgehead atoms. The van der Waals surface area contributed by atoms with Crippen molar-refractivity contribution in [2.45, 2.75) is 71.8 Å². The van der Waals surface area contributed by atoms with Gasteiger partial charge in [0.15, 0.2) is 23.0 Å². The molecule has 0 saturated heterocycles. The van der Waals surface area contributed by atoms with Crippen LogP contribution in [0.5, 0.6) is 34.5 Å². The molecule has 8 heteroatoms. The van der Waals surface area contributed by atoms with Crippen molar-refractivity contribution in [2.24, 2.45) is 5.41 Å². The van der Waals surface area contributed by atoms with Crippen LogP contribution in [-0.2, 0) is 13.0 Å². The molecule has 8 nitrogen and oxygen atoms in total. The number of benzene rings is 2. The van der Waals surface area contributed by atoms with E-state index < -0.39 is 11.7 Å². The molecule has 2 unspecified atom stereocenters. The molecule has 2 atom stereocenters. The van der Waals surface area contributed by atoms with E-state index in [1.165, 1.54) is 0 Å². The van der Waals surface area contributed by atoms with Crippen LogP contribution < -0.4 is 28.4 Å². The second kappa shape index (κ2) is 12.0. The van der Waals surface area contributed by atoms with Gasteiger partial charge in [0.05, 0.1) is 33.5 Å². The molecule has 4 rings (SSSR count). The van der Waals surface area contributed by atoms with Gasteiger partial charge in [-0.3, -0.25) is 4.90 Å². The number of para-hydroxylation sites is 2. The number of methoxy groups -OCH3 is 2. The molecule has 0 fully saturated rings. The first-order valence-electron chi connectivity index (χ1n) is 13.6. The third-order valence-electron chi connectivity index (χ3n) is 7.77. The van der Waals surface area contributed by atoms with E-state index in [1.54, 1.807) is 14.2 Å². The summed E-state index contributed by atoms with van der Waals surface area (Å²) in [6.07, 6.45) is 3.30. The zero-order valence-electron chi connectivity index (χ0n) is 23.5. The topological polar surface area (TPSA) is 82.4 Å². The van der Waals surface area contributed by atoms with Gasteiger partial charge in [-0.1, -0.05) is 19.1 Å². The smallest absolute Gasteiger partial charge is 0.259 e. The molecule has 2 aliphatic heterocycles. The maximum Gasteiger partial charge on any atom is 0.259 e. The summed E-state index contributed by atoms with van der Waals surface area (Å²) < 4.78 is 35.9. The minimum atomic E-state index is -0.723. The highest BCUT2D eigenvalue weighted by atomic mass is 16.7. The van der Waals surface area contributed by atoms with Crippen molar-refractivity contribution in [2.75, 3.05) is 34.5 Å². The fraction of sp³-hybridized carbons (Fsp3) is 0.567. The van der Waals surface area contributed by atoms with Gasteiger partial charge in [0.2, 0.25) is 11.5 Å². The zero-order valence-corrected chi connectivity index (χ0v) is 23.5. The van der Waals surface area contributed by atoms with E-state index in [4.69, 9.17) is 28.4 Å². The summed E-state index contributed by atoms with van der Waals surface area (Å²) in [7, 11) is 5.40. The van der Waals surface area contributed by atoms with Crippen molar-refractivity contribution < 1.29 is 28.4 Å². The van der Waals surface area contributed by atoms with Gasteiger partial charge < -0.3 is 28.4 Å². The molecule has 0 amide bonds. The molecule has 2 aromatic rings. The van der Waals surface area contributed by atoms with Crippen molar-refractivity contribution in [3.63, 3.8) is 0 Å². The summed E-state index contributed by atoms with van der Waals surface area (Å²) >= 11 is 0. The molecular formula is C30H40N2O6. The van der Waals surface area contributed by atoms with Gasteiger partial charge in [-0.25, -0.2) is 0 Å². The summed E-state index contributed by atoms with van der Waals surface area (Å²) in [5.41, 5.74) is 1.47. The molecule has 0 radical (unpaired) electrons. The van der Waals surface area contributed by atoms with Gasteiger partial charge >= 0.3 is 0 Å². The predicted octanol–water partition coefficient (Wildman–Crippen LogP) is 5.75. The monoisotopic (exact) mass is 524 g/mol. The van der Waals surface area contributed by atoms with Gasteiger partial charge in [0.25, 0.3) is 6.29 Å². The average molecular weight is 525 g/mol. The van der Waals surface area contributed by atoms with Gasteiger partial charge in [-0.05, 0) is 65.1 Å². The first-order chi connectivity index (χ1) is 18.5. The first-order valence-corrected chi connectivity index (χ1v) is 13.6. The molecule has 2 aromatic carbocycles. The Kier molecular flexibility index (Phi) is 8.78. The normalized spacial score (nSPS) is 18.3. The Hall–Kier alpha value is -3.31. The summed E-state index contributed by atoms with van der Waals surface area (Å²) in [6.45, 7) is 7.72. The summed E-state index contributed by atoms with van der Waals surface area (Å²) in [5.74, 6) is 4.00. The standard InChI is InChI=1S/C30H40N2O6/c1-7-30(19-31,29-37-23-14-10-11-15-24(23)38-29)16-12-13-20-17-21-22(18-32(20)4)26(36-9-3)28(34-6)27(33-5)25(21)35-8-2/h10-11,14-15,20,29H,7-9,12-13,16-18H2,1-6H3. The number of likely N-dealkylation sites (N-methyl/N-ethyl adjacent to an activating group) is 1. The number of hydrogen-bond acceptors (Lipinski definition) is 8. The number of nitrogens with zero attached hydrogens (tertiary/aromatic N) is 2. The minimum absolute atomic E-state index is 0.269. The van der Waals surface area contributed by atoms with Crippen LogP contribution in [0.2, 0.25) is 0 Å². The van der Waals surface area contributed by atoms with E-state index in [0.29, 0.717) is 55.6 Å². The van der Waals surface area contributed by atoms with Crippen LogP contribution in [-0.4, -0.2) is 51.7 Å². The van der Waals surface area contributed by atoms with Crippen molar-refractivity contribution in [3.8, 4) is 40.6 Å². The third-order valence-corrected chi connectivity index (χ3v) is 7.77. The van der Waals surface area contributed by atoms with E-state index in [2.05, 4.69) is 18.0 Å². The predicted molar refractivity (Wildman–Crippen MR) is 145 cm³/mol. The number of hydrogen-bond donors (Lipinski definition) is 0. The molecule has 2 heterocycles. The van der Waals surface area contributed by atoms with Crippen LogP contribution in [0.15, 0.2) is 24.3 Å². The van der Waals surface area contributed by atoms with Gasteiger partial charge in [-0.15, -0.1) is 0 Å². The van der Waals surface area contributed by atoms with E-state index in [1.807, 2.05) is 45.0 Å². The highest BCUT2D eigenvalue weighted by molar-refractivity contribution is 5.68. The summed E-state index contributed by atoms with van der Waals surface area (Å²) in [5, 5.41) is 10.2. The Balaban J connectivity index is 1.54. The lowest BCUT2D eigenvalue weighted by atomic mass is 9.79. The summed E-state index contributed by atoms with van der Waals surface area (Å²) in [6, 6.07) is 10.4. The fourth-order valence-corrected chi connectivity index (χ4v) is 5.62. The van der Waals surface area contributed by atoms with Crippen LogP contribution in [0.25, 0.3) is 0 Å². The van der Waals surface area contributed by atoms with Crippen LogP contribution >= 0.6 is 0 Å². The van der Waals surface area contributed by atoms with Crippen molar-refractivity contribution in [1.82, 2.24) is 4.90 Å². The Morgan fingerprint density at radius 2 is 1.53 bits per heavy atom. The number of nitriles is 1. The molecule has 206 valence electrons. The molecular weight excluding hydrogens is 484 g/mol. The van der Waals surface area contributed by atoms with E-state index in [-0.39, 0.29) is 6.04 Å². The maximum atomic E-state index is 10.2.